The fraction of sp³-hybridized carbons (Fsp3) is 0.611. The van der Waals surface area contributed by atoms with Crippen LogP contribution in [-0.2, 0) is 4.79 Å². The summed E-state index contributed by atoms with van der Waals surface area (Å²) in [6, 6.07) is 3.62. The number of hydrogen-bond acceptors (Lipinski definition) is 3. The summed E-state index contributed by atoms with van der Waals surface area (Å²) >= 11 is 0. The lowest BCUT2D eigenvalue weighted by Crippen LogP contribution is -2.39. The van der Waals surface area contributed by atoms with Gasteiger partial charge in [-0.1, -0.05) is 19.3 Å². The van der Waals surface area contributed by atoms with Crippen molar-refractivity contribution in [2.75, 3.05) is 19.6 Å². The smallest absolute Gasteiger partial charge is 0.255 e. The van der Waals surface area contributed by atoms with Gasteiger partial charge in [0, 0.05) is 44.9 Å². The first-order valence-corrected chi connectivity index (χ1v) is 8.54. The SMILES string of the molecule is CC(=O)NCC1CN(C(=O)c2cccnc2)CC12CCCCC2. The zero-order valence-corrected chi connectivity index (χ0v) is 13.8. The van der Waals surface area contributed by atoms with Crippen molar-refractivity contribution in [2.45, 2.75) is 39.0 Å². The highest BCUT2D eigenvalue weighted by Gasteiger charge is 2.48. The third-order valence-corrected chi connectivity index (χ3v) is 5.45. The summed E-state index contributed by atoms with van der Waals surface area (Å²) in [7, 11) is 0. The molecular formula is C18H25N3O2. The van der Waals surface area contributed by atoms with Gasteiger partial charge in [0.1, 0.15) is 0 Å². The van der Waals surface area contributed by atoms with Gasteiger partial charge in [0.25, 0.3) is 5.91 Å². The number of rotatable bonds is 3. The van der Waals surface area contributed by atoms with Crippen LogP contribution in [0.2, 0.25) is 0 Å². The first-order chi connectivity index (χ1) is 11.1. The molecule has 1 N–H and O–H groups in total. The molecule has 1 spiro atoms. The molecule has 1 aromatic rings. The largest absolute Gasteiger partial charge is 0.356 e. The molecule has 5 heteroatoms. The molecule has 2 fully saturated rings. The van der Waals surface area contributed by atoms with Crippen molar-refractivity contribution in [1.82, 2.24) is 15.2 Å². The normalized spacial score (nSPS) is 23.0. The number of carbonyl (C=O) groups is 2. The molecule has 1 aliphatic heterocycles. The number of aromatic nitrogens is 1. The molecule has 5 nitrogen and oxygen atoms in total. The highest BCUT2D eigenvalue weighted by Crippen LogP contribution is 2.47. The molecule has 1 unspecified atom stereocenters. The maximum atomic E-state index is 12.8. The molecule has 1 saturated heterocycles. The molecule has 3 rings (SSSR count). The fourth-order valence-corrected chi connectivity index (χ4v) is 4.23. The van der Waals surface area contributed by atoms with E-state index in [-0.39, 0.29) is 17.2 Å². The predicted octanol–water partition coefficient (Wildman–Crippen LogP) is 2.24. The van der Waals surface area contributed by atoms with Crippen molar-refractivity contribution in [2.24, 2.45) is 11.3 Å². The molecule has 2 heterocycles. The van der Waals surface area contributed by atoms with Gasteiger partial charge >= 0.3 is 0 Å². The van der Waals surface area contributed by atoms with E-state index < -0.39 is 0 Å². The molecule has 1 saturated carbocycles. The molecule has 1 aromatic heterocycles. The van der Waals surface area contributed by atoms with Crippen molar-refractivity contribution < 1.29 is 9.59 Å². The quantitative estimate of drug-likeness (QED) is 0.930. The van der Waals surface area contributed by atoms with Crippen molar-refractivity contribution in [3.63, 3.8) is 0 Å². The summed E-state index contributed by atoms with van der Waals surface area (Å²) in [5.74, 6) is 0.425. The monoisotopic (exact) mass is 315 g/mol. The highest BCUT2D eigenvalue weighted by molar-refractivity contribution is 5.94. The third kappa shape index (κ3) is 3.38. The van der Waals surface area contributed by atoms with Gasteiger partial charge in [0.05, 0.1) is 5.56 Å². The number of hydrogen-bond donors (Lipinski definition) is 1. The van der Waals surface area contributed by atoms with Gasteiger partial charge in [-0.2, -0.15) is 0 Å². The van der Waals surface area contributed by atoms with Crippen LogP contribution in [0.4, 0.5) is 0 Å². The Morgan fingerprint density at radius 1 is 1.35 bits per heavy atom. The summed E-state index contributed by atoms with van der Waals surface area (Å²) in [6.07, 6.45) is 9.38. The van der Waals surface area contributed by atoms with Crippen LogP contribution in [-0.4, -0.2) is 41.3 Å². The van der Waals surface area contributed by atoms with Crippen molar-refractivity contribution in [3.8, 4) is 0 Å². The second kappa shape index (κ2) is 6.69. The lowest BCUT2D eigenvalue weighted by Gasteiger charge is -2.38. The van der Waals surface area contributed by atoms with Gasteiger partial charge in [0.2, 0.25) is 5.91 Å². The second-order valence-corrected chi connectivity index (χ2v) is 6.98. The number of carbonyl (C=O) groups excluding carboxylic acids is 2. The molecule has 1 aliphatic carbocycles. The van der Waals surface area contributed by atoms with Crippen LogP contribution >= 0.6 is 0 Å². The van der Waals surface area contributed by atoms with E-state index in [2.05, 4.69) is 10.3 Å². The van der Waals surface area contributed by atoms with Gasteiger partial charge in [0.15, 0.2) is 0 Å². The number of nitrogens with one attached hydrogen (secondary N) is 1. The first kappa shape index (κ1) is 16.0. The maximum Gasteiger partial charge on any atom is 0.255 e. The Labute approximate surface area is 137 Å². The lowest BCUT2D eigenvalue weighted by atomic mass is 9.67. The maximum absolute atomic E-state index is 12.8. The van der Waals surface area contributed by atoms with Crippen molar-refractivity contribution in [3.05, 3.63) is 30.1 Å². The Balaban J connectivity index is 1.76. The Morgan fingerprint density at radius 2 is 2.13 bits per heavy atom. The highest BCUT2D eigenvalue weighted by atomic mass is 16.2. The van der Waals surface area contributed by atoms with Crippen LogP contribution in [0.5, 0.6) is 0 Å². The number of amides is 2. The molecule has 23 heavy (non-hydrogen) atoms. The molecule has 2 amide bonds. The van der Waals surface area contributed by atoms with Crippen LogP contribution < -0.4 is 5.32 Å². The van der Waals surface area contributed by atoms with Crippen molar-refractivity contribution >= 4 is 11.8 Å². The lowest BCUT2D eigenvalue weighted by molar-refractivity contribution is -0.119. The predicted molar refractivity (Wildman–Crippen MR) is 87.8 cm³/mol. The van der Waals surface area contributed by atoms with E-state index in [9.17, 15) is 9.59 Å². The van der Waals surface area contributed by atoms with E-state index in [1.807, 2.05) is 11.0 Å². The average Bonchev–Trinajstić information content (AvgIpc) is 2.91. The van der Waals surface area contributed by atoms with Crippen LogP contribution in [0.3, 0.4) is 0 Å². The standard InChI is InChI=1S/C18H25N3O2/c1-14(22)20-11-16-12-21(13-18(16)7-3-2-4-8-18)17(23)15-6-5-9-19-10-15/h5-6,9-10,16H,2-4,7-8,11-13H2,1H3,(H,20,22). The van der Waals surface area contributed by atoms with Crippen LogP contribution in [0.1, 0.15) is 49.4 Å². The molecule has 124 valence electrons. The van der Waals surface area contributed by atoms with E-state index in [1.54, 1.807) is 25.4 Å². The topological polar surface area (TPSA) is 62.3 Å². The van der Waals surface area contributed by atoms with E-state index in [0.29, 0.717) is 18.0 Å². The third-order valence-electron chi connectivity index (χ3n) is 5.45. The Morgan fingerprint density at radius 3 is 2.78 bits per heavy atom. The van der Waals surface area contributed by atoms with Gasteiger partial charge < -0.3 is 10.2 Å². The van der Waals surface area contributed by atoms with E-state index in [4.69, 9.17) is 0 Å². The molecule has 0 bridgehead atoms. The zero-order chi connectivity index (χ0) is 16.3. The van der Waals surface area contributed by atoms with Gasteiger partial charge in [-0.15, -0.1) is 0 Å². The average molecular weight is 315 g/mol. The molecule has 2 aliphatic rings. The van der Waals surface area contributed by atoms with E-state index in [0.717, 1.165) is 25.9 Å². The van der Waals surface area contributed by atoms with Gasteiger partial charge in [-0.05, 0) is 30.4 Å². The first-order valence-electron chi connectivity index (χ1n) is 8.54. The van der Waals surface area contributed by atoms with Gasteiger partial charge in [-0.3, -0.25) is 14.6 Å². The summed E-state index contributed by atoms with van der Waals surface area (Å²) < 4.78 is 0. The minimum atomic E-state index is 0.00740. The van der Waals surface area contributed by atoms with Gasteiger partial charge in [-0.25, -0.2) is 0 Å². The Hall–Kier alpha value is -1.91. The zero-order valence-electron chi connectivity index (χ0n) is 13.8. The summed E-state index contributed by atoms with van der Waals surface area (Å²) in [6.45, 7) is 3.77. The van der Waals surface area contributed by atoms with Crippen LogP contribution in [0, 0.1) is 11.3 Å². The second-order valence-electron chi connectivity index (χ2n) is 6.98. The summed E-state index contributed by atoms with van der Waals surface area (Å²) in [4.78, 5) is 30.1. The minimum absolute atomic E-state index is 0.00740. The summed E-state index contributed by atoms with van der Waals surface area (Å²) in [5, 5.41) is 2.97. The van der Waals surface area contributed by atoms with E-state index in [1.165, 1.54) is 19.3 Å². The van der Waals surface area contributed by atoms with Crippen LogP contribution in [0.15, 0.2) is 24.5 Å². The summed E-state index contributed by atoms with van der Waals surface area (Å²) in [5.41, 5.74) is 0.831. The Kier molecular flexibility index (Phi) is 4.64. The van der Waals surface area contributed by atoms with Crippen molar-refractivity contribution in [1.29, 1.82) is 0 Å². The number of likely N-dealkylation sites (tertiary alicyclic amines) is 1. The van der Waals surface area contributed by atoms with Crippen LogP contribution in [0.25, 0.3) is 0 Å². The molecular weight excluding hydrogens is 290 g/mol. The minimum Gasteiger partial charge on any atom is -0.356 e. The fourth-order valence-electron chi connectivity index (χ4n) is 4.23. The molecule has 1 atom stereocenters. The van der Waals surface area contributed by atoms with E-state index >= 15 is 0 Å². The Bertz CT molecular complexity index is 567. The number of pyridine rings is 1. The molecule has 0 radical (unpaired) electrons. The number of nitrogens with zero attached hydrogens (tertiary/aromatic N) is 2. The molecule has 0 aromatic carbocycles.